The molecule has 1 aromatic heterocycles. The molecule has 3 aromatic carbocycles. The van der Waals surface area contributed by atoms with Gasteiger partial charge in [0.2, 0.25) is 5.91 Å². The van der Waals surface area contributed by atoms with Gasteiger partial charge in [-0.1, -0.05) is 47.5 Å². The van der Waals surface area contributed by atoms with E-state index in [2.05, 4.69) is 15.6 Å². The molecule has 4 rings (SSSR count). The van der Waals surface area contributed by atoms with Crippen molar-refractivity contribution in [2.75, 3.05) is 37.9 Å². The molecule has 0 spiro atoms. The van der Waals surface area contributed by atoms with Crippen LogP contribution in [0, 0.1) is 6.92 Å². The first kappa shape index (κ1) is 32.5. The minimum absolute atomic E-state index is 0. The van der Waals surface area contributed by atoms with E-state index in [-0.39, 0.29) is 36.5 Å². The molecule has 2 N–H and O–H groups in total. The van der Waals surface area contributed by atoms with E-state index in [1.807, 2.05) is 37.3 Å². The Bertz CT molecular complexity index is 1630. The zero-order chi connectivity index (χ0) is 29.7. The average molecular weight is 631 g/mol. The number of likely N-dealkylation sites (N-methyl/N-ethyl adjacent to an activating group) is 1. The zero-order valence-electron chi connectivity index (χ0n) is 23.4. The zero-order valence-corrected chi connectivity index (χ0v) is 25.7. The number of fused-ring (bicyclic) bond motifs is 1. The van der Waals surface area contributed by atoms with Crippen molar-refractivity contribution in [2.45, 2.75) is 13.5 Å². The number of halogens is 3. The van der Waals surface area contributed by atoms with Gasteiger partial charge in [-0.15, -0.1) is 12.4 Å². The molecule has 9 nitrogen and oxygen atoms in total. The maximum atomic E-state index is 12.9. The van der Waals surface area contributed by atoms with Crippen molar-refractivity contribution in [1.82, 2.24) is 15.2 Å². The quantitative estimate of drug-likeness (QED) is 0.237. The van der Waals surface area contributed by atoms with Crippen LogP contribution >= 0.6 is 35.6 Å². The van der Waals surface area contributed by atoms with Gasteiger partial charge in [0, 0.05) is 54.1 Å². The van der Waals surface area contributed by atoms with Crippen LogP contribution in [0.1, 0.15) is 21.6 Å². The van der Waals surface area contributed by atoms with E-state index in [1.165, 1.54) is 9.80 Å². The third kappa shape index (κ3) is 7.61. The van der Waals surface area contributed by atoms with Crippen LogP contribution in [0.5, 0.6) is 5.75 Å². The summed E-state index contributed by atoms with van der Waals surface area (Å²) in [7, 11) is 4.84. The molecule has 42 heavy (non-hydrogen) atoms. The highest BCUT2D eigenvalue weighted by Crippen LogP contribution is 2.35. The molecule has 0 aliphatic carbocycles. The van der Waals surface area contributed by atoms with Crippen LogP contribution in [0.2, 0.25) is 10.0 Å². The van der Waals surface area contributed by atoms with Gasteiger partial charge in [-0.25, -0.2) is 9.78 Å². The van der Waals surface area contributed by atoms with Crippen molar-refractivity contribution < 1.29 is 19.1 Å². The van der Waals surface area contributed by atoms with Gasteiger partial charge in [0.25, 0.3) is 5.91 Å². The number of nitrogens with one attached hydrogen (secondary N) is 2. The van der Waals surface area contributed by atoms with Crippen molar-refractivity contribution >= 4 is 75.7 Å². The minimum atomic E-state index is -0.601. The number of carbonyl (C=O) groups excluding carboxylic acids is 3. The molecule has 0 atom stereocenters. The molecule has 220 valence electrons. The van der Waals surface area contributed by atoms with Crippen LogP contribution < -0.4 is 20.3 Å². The lowest BCUT2D eigenvalue weighted by atomic mass is 10.1. The smallest absolute Gasteiger partial charge is 0.319 e. The molecule has 4 amide bonds. The summed E-state index contributed by atoms with van der Waals surface area (Å²) in [5.74, 6) is -0.0270. The van der Waals surface area contributed by atoms with Crippen molar-refractivity contribution in [3.8, 4) is 5.75 Å². The van der Waals surface area contributed by atoms with Crippen molar-refractivity contribution in [2.24, 2.45) is 0 Å². The Morgan fingerprint density at radius 1 is 0.952 bits per heavy atom. The minimum Gasteiger partial charge on any atom is -0.487 e. The Balaban J connectivity index is 0.00000484. The number of urea groups is 1. The molecule has 0 aliphatic rings. The van der Waals surface area contributed by atoms with E-state index < -0.39 is 11.9 Å². The summed E-state index contributed by atoms with van der Waals surface area (Å²) < 4.78 is 6.07. The largest absolute Gasteiger partial charge is 0.487 e. The third-order valence-electron chi connectivity index (χ3n) is 6.27. The molecule has 0 saturated heterocycles. The van der Waals surface area contributed by atoms with Gasteiger partial charge in [0.05, 0.1) is 17.3 Å². The number of aromatic nitrogens is 1. The van der Waals surface area contributed by atoms with Crippen LogP contribution in [0.15, 0.2) is 66.7 Å². The molecule has 0 saturated carbocycles. The van der Waals surface area contributed by atoms with Crippen molar-refractivity contribution in [1.29, 1.82) is 0 Å². The molecule has 0 bridgehead atoms. The summed E-state index contributed by atoms with van der Waals surface area (Å²) in [6.07, 6.45) is 0. The summed E-state index contributed by atoms with van der Waals surface area (Å²) in [5, 5.41) is 6.74. The Kier molecular flexibility index (Phi) is 11.0. The molecule has 1 heterocycles. The lowest BCUT2D eigenvalue weighted by Crippen LogP contribution is -2.40. The fourth-order valence-electron chi connectivity index (χ4n) is 4.03. The van der Waals surface area contributed by atoms with E-state index >= 15 is 0 Å². The lowest BCUT2D eigenvalue weighted by Gasteiger charge is -2.21. The number of amides is 4. The maximum Gasteiger partial charge on any atom is 0.319 e. The first-order valence-electron chi connectivity index (χ1n) is 12.6. The molecule has 0 fully saturated rings. The van der Waals surface area contributed by atoms with Gasteiger partial charge in [-0.3, -0.25) is 9.59 Å². The van der Waals surface area contributed by atoms with Gasteiger partial charge >= 0.3 is 6.03 Å². The fourth-order valence-corrected chi connectivity index (χ4v) is 4.64. The van der Waals surface area contributed by atoms with Crippen molar-refractivity contribution in [3.05, 3.63) is 93.6 Å². The highest BCUT2D eigenvalue weighted by molar-refractivity contribution is 6.38. The maximum absolute atomic E-state index is 12.9. The van der Waals surface area contributed by atoms with E-state index in [9.17, 15) is 14.4 Å². The van der Waals surface area contributed by atoms with Crippen LogP contribution in [-0.2, 0) is 11.4 Å². The van der Waals surface area contributed by atoms with Gasteiger partial charge < -0.3 is 25.2 Å². The Morgan fingerprint density at radius 2 is 1.69 bits per heavy atom. The number of hydrogen-bond donors (Lipinski definition) is 2. The Labute approximate surface area is 260 Å². The molecule has 0 unspecified atom stereocenters. The fraction of sp³-hybridized carbons (Fsp3) is 0.200. The normalized spacial score (nSPS) is 10.4. The van der Waals surface area contributed by atoms with Crippen LogP contribution in [0.3, 0.4) is 0 Å². The number of anilines is 2. The molecule has 12 heteroatoms. The molecular formula is C30H30Cl3N5O4. The lowest BCUT2D eigenvalue weighted by molar-refractivity contribution is -0.117. The number of rotatable bonds is 8. The number of hydrogen-bond acceptors (Lipinski definition) is 5. The summed E-state index contributed by atoms with van der Waals surface area (Å²) in [5.41, 5.74) is 3.34. The van der Waals surface area contributed by atoms with Gasteiger partial charge in [-0.05, 0) is 49.4 Å². The second-order valence-electron chi connectivity index (χ2n) is 9.47. The predicted molar refractivity (Wildman–Crippen MR) is 169 cm³/mol. The molecule has 4 aromatic rings. The number of nitrogens with zero attached hydrogens (tertiary/aromatic N) is 3. The van der Waals surface area contributed by atoms with Crippen LogP contribution in [0.25, 0.3) is 10.9 Å². The first-order chi connectivity index (χ1) is 19.5. The third-order valence-corrected chi connectivity index (χ3v) is 7.05. The topological polar surface area (TPSA) is 104 Å². The number of benzene rings is 3. The summed E-state index contributed by atoms with van der Waals surface area (Å²) in [6, 6.07) is 18.7. The number of carbonyl (C=O) groups is 3. The highest BCUT2D eigenvalue weighted by Gasteiger charge is 2.20. The average Bonchev–Trinajstić information content (AvgIpc) is 2.95. The summed E-state index contributed by atoms with van der Waals surface area (Å²) >= 11 is 13.1. The van der Waals surface area contributed by atoms with E-state index in [1.54, 1.807) is 57.5 Å². The second kappa shape index (κ2) is 14.2. The number of ether oxygens (including phenoxy) is 1. The van der Waals surface area contributed by atoms with Gasteiger partial charge in [0.1, 0.15) is 17.9 Å². The number of aryl methyl sites for hydroxylation is 1. The Hall–Kier alpha value is -4.05. The van der Waals surface area contributed by atoms with Crippen LogP contribution in [0.4, 0.5) is 16.2 Å². The van der Waals surface area contributed by atoms with Crippen molar-refractivity contribution in [3.63, 3.8) is 0 Å². The van der Waals surface area contributed by atoms with Gasteiger partial charge in [0.15, 0.2) is 0 Å². The molecule has 0 radical (unpaired) electrons. The number of pyridine rings is 1. The first-order valence-corrected chi connectivity index (χ1v) is 13.4. The van der Waals surface area contributed by atoms with Crippen LogP contribution in [-0.4, -0.2) is 55.4 Å². The monoisotopic (exact) mass is 629 g/mol. The Morgan fingerprint density at radius 3 is 2.43 bits per heavy atom. The standard InChI is InChI=1S/C30H29Cl2N5O4.ClH/c1-18-11-12-19-7-6-10-25(28(19)34-18)41-17-22-23(31)13-14-24(27(22)32)37(4)26(38)16-33-30(40)35-21-9-5-8-20(15-21)29(39)36(2)3;/h5-15H,16-17H2,1-4H3,(H2,33,35,40);1H. The number of para-hydroxylation sites is 1. The van der Waals surface area contributed by atoms with Gasteiger partial charge in [-0.2, -0.15) is 0 Å². The van der Waals surface area contributed by atoms with E-state index in [0.29, 0.717) is 33.3 Å². The predicted octanol–water partition coefficient (Wildman–Crippen LogP) is 6.34. The SMILES string of the molecule is Cc1ccc2cccc(OCc3c(Cl)ccc(N(C)C(=O)CNC(=O)Nc4cccc(C(=O)N(C)C)c4)c3Cl)c2n1.Cl. The summed E-state index contributed by atoms with van der Waals surface area (Å²) in [6.45, 7) is 1.66. The second-order valence-corrected chi connectivity index (χ2v) is 10.3. The van der Waals surface area contributed by atoms with E-state index in [4.69, 9.17) is 27.9 Å². The summed E-state index contributed by atoms with van der Waals surface area (Å²) in [4.78, 5) is 44.9. The molecular weight excluding hydrogens is 601 g/mol. The van der Waals surface area contributed by atoms with E-state index in [0.717, 1.165) is 16.6 Å². The molecule has 0 aliphatic heterocycles. The highest BCUT2D eigenvalue weighted by atomic mass is 35.5.